The molecule has 15 heavy (non-hydrogen) atoms. The van der Waals surface area contributed by atoms with E-state index in [4.69, 9.17) is 0 Å². The third kappa shape index (κ3) is 2.33. The zero-order valence-electron chi connectivity index (χ0n) is 8.51. The van der Waals surface area contributed by atoms with Crippen LogP contribution in [0, 0.1) is 0 Å². The zero-order valence-corrected chi connectivity index (χ0v) is 8.51. The fourth-order valence-corrected chi connectivity index (χ4v) is 2.08. The van der Waals surface area contributed by atoms with Crippen molar-refractivity contribution in [1.82, 2.24) is 9.78 Å². The SMILES string of the molecule is CC1CCCc2nn(CC(F)(F)F)cc21. The monoisotopic (exact) mass is 218 g/mol. The van der Waals surface area contributed by atoms with Gasteiger partial charge in [-0.2, -0.15) is 18.3 Å². The van der Waals surface area contributed by atoms with Crippen LogP contribution in [0.2, 0.25) is 0 Å². The summed E-state index contributed by atoms with van der Waals surface area (Å²) in [5.74, 6) is 0.343. The van der Waals surface area contributed by atoms with Crippen molar-refractivity contribution in [3.05, 3.63) is 17.5 Å². The van der Waals surface area contributed by atoms with Crippen molar-refractivity contribution < 1.29 is 13.2 Å². The molecule has 5 heteroatoms. The Labute approximate surface area is 86.1 Å². The molecule has 0 bridgehead atoms. The second-order valence-corrected chi connectivity index (χ2v) is 4.14. The number of hydrogen-bond acceptors (Lipinski definition) is 1. The Bertz CT molecular complexity index is 354. The maximum atomic E-state index is 12.1. The quantitative estimate of drug-likeness (QED) is 0.708. The van der Waals surface area contributed by atoms with E-state index in [1.807, 2.05) is 6.92 Å². The normalized spacial score (nSPS) is 21.5. The summed E-state index contributed by atoms with van der Waals surface area (Å²) in [6, 6.07) is 0. The molecule has 84 valence electrons. The highest BCUT2D eigenvalue weighted by molar-refractivity contribution is 5.24. The Kier molecular flexibility index (Phi) is 2.48. The molecule has 0 aromatic carbocycles. The van der Waals surface area contributed by atoms with E-state index in [0.717, 1.165) is 35.2 Å². The van der Waals surface area contributed by atoms with Crippen molar-refractivity contribution in [3.8, 4) is 0 Å². The molecule has 0 saturated heterocycles. The number of aromatic nitrogens is 2. The van der Waals surface area contributed by atoms with E-state index < -0.39 is 12.7 Å². The maximum absolute atomic E-state index is 12.1. The Morgan fingerprint density at radius 1 is 1.53 bits per heavy atom. The number of alkyl halides is 3. The summed E-state index contributed by atoms with van der Waals surface area (Å²) in [6.07, 6.45) is 0.247. The van der Waals surface area contributed by atoms with Gasteiger partial charge in [-0.3, -0.25) is 4.68 Å². The Morgan fingerprint density at radius 2 is 2.27 bits per heavy atom. The maximum Gasteiger partial charge on any atom is 0.408 e. The van der Waals surface area contributed by atoms with E-state index >= 15 is 0 Å². The fourth-order valence-electron chi connectivity index (χ4n) is 2.08. The van der Waals surface area contributed by atoms with Crippen molar-refractivity contribution in [1.29, 1.82) is 0 Å². The standard InChI is InChI=1S/C10H13F3N2/c1-7-3-2-4-9-8(7)5-15(14-9)6-10(11,12)13/h5,7H,2-4,6H2,1H3. The molecule has 1 aliphatic carbocycles. The van der Waals surface area contributed by atoms with Crippen molar-refractivity contribution in [2.45, 2.75) is 44.8 Å². The lowest BCUT2D eigenvalue weighted by molar-refractivity contribution is -0.142. The zero-order chi connectivity index (χ0) is 11.1. The minimum atomic E-state index is -4.18. The van der Waals surface area contributed by atoms with Gasteiger partial charge in [-0.1, -0.05) is 6.92 Å². The molecule has 1 aromatic rings. The van der Waals surface area contributed by atoms with E-state index in [0.29, 0.717) is 5.92 Å². The second-order valence-electron chi connectivity index (χ2n) is 4.14. The lowest BCUT2D eigenvalue weighted by Crippen LogP contribution is -2.18. The van der Waals surface area contributed by atoms with Crippen LogP contribution in [0.1, 0.15) is 36.9 Å². The van der Waals surface area contributed by atoms with Crippen molar-refractivity contribution in [2.75, 3.05) is 0 Å². The third-order valence-electron chi connectivity index (χ3n) is 2.79. The summed E-state index contributed by atoms with van der Waals surface area (Å²) in [4.78, 5) is 0. The smallest absolute Gasteiger partial charge is 0.263 e. The molecule has 0 aliphatic heterocycles. The van der Waals surface area contributed by atoms with Gasteiger partial charge in [-0.15, -0.1) is 0 Å². The van der Waals surface area contributed by atoms with Crippen LogP contribution in [0.5, 0.6) is 0 Å². The molecule has 1 unspecified atom stereocenters. The lowest BCUT2D eigenvalue weighted by Gasteiger charge is -2.15. The highest BCUT2D eigenvalue weighted by Gasteiger charge is 2.30. The predicted molar refractivity (Wildman–Crippen MR) is 49.6 cm³/mol. The van der Waals surface area contributed by atoms with Gasteiger partial charge in [-0.25, -0.2) is 0 Å². The first-order chi connectivity index (χ1) is 6.96. The Morgan fingerprint density at radius 3 is 2.87 bits per heavy atom. The highest BCUT2D eigenvalue weighted by Crippen LogP contribution is 2.30. The van der Waals surface area contributed by atoms with Gasteiger partial charge in [0.25, 0.3) is 0 Å². The average Bonchev–Trinajstić information content (AvgIpc) is 2.45. The van der Waals surface area contributed by atoms with Crippen molar-refractivity contribution in [3.63, 3.8) is 0 Å². The van der Waals surface area contributed by atoms with Gasteiger partial charge in [0.05, 0.1) is 5.69 Å². The van der Waals surface area contributed by atoms with Crippen LogP contribution in [-0.4, -0.2) is 16.0 Å². The van der Waals surface area contributed by atoms with Gasteiger partial charge in [0.1, 0.15) is 6.54 Å². The molecule has 1 atom stereocenters. The van der Waals surface area contributed by atoms with Crippen LogP contribution in [0.4, 0.5) is 13.2 Å². The molecule has 0 N–H and O–H groups in total. The number of hydrogen-bond donors (Lipinski definition) is 0. The van der Waals surface area contributed by atoms with E-state index in [1.54, 1.807) is 6.20 Å². The average molecular weight is 218 g/mol. The Hall–Kier alpha value is -1.00. The lowest BCUT2D eigenvalue weighted by atomic mass is 9.89. The van der Waals surface area contributed by atoms with Crippen LogP contribution >= 0.6 is 0 Å². The number of nitrogens with zero attached hydrogens (tertiary/aromatic N) is 2. The summed E-state index contributed by atoms with van der Waals surface area (Å²) in [5.41, 5.74) is 1.84. The molecule has 0 saturated carbocycles. The second kappa shape index (κ2) is 3.54. The molecule has 1 aromatic heterocycles. The molecule has 0 amide bonds. The predicted octanol–water partition coefficient (Wildman–Crippen LogP) is 2.89. The number of halogens is 3. The van der Waals surface area contributed by atoms with E-state index in [9.17, 15) is 13.2 Å². The minimum Gasteiger partial charge on any atom is -0.263 e. The first kappa shape index (κ1) is 10.5. The molecule has 0 fully saturated rings. The topological polar surface area (TPSA) is 17.8 Å². The molecular formula is C10H13F3N2. The van der Waals surface area contributed by atoms with Crippen LogP contribution in [-0.2, 0) is 13.0 Å². The minimum absolute atomic E-state index is 0.343. The molecule has 1 aliphatic rings. The van der Waals surface area contributed by atoms with Gasteiger partial charge < -0.3 is 0 Å². The summed E-state index contributed by atoms with van der Waals surface area (Å²) in [5, 5.41) is 3.98. The first-order valence-electron chi connectivity index (χ1n) is 5.09. The van der Waals surface area contributed by atoms with Crippen LogP contribution < -0.4 is 0 Å². The first-order valence-corrected chi connectivity index (χ1v) is 5.09. The number of rotatable bonds is 1. The van der Waals surface area contributed by atoms with Gasteiger partial charge in [-0.05, 0) is 30.7 Å². The van der Waals surface area contributed by atoms with Crippen LogP contribution in [0.15, 0.2) is 6.20 Å². The molecule has 2 nitrogen and oxygen atoms in total. The van der Waals surface area contributed by atoms with Crippen molar-refractivity contribution in [2.24, 2.45) is 0 Å². The number of fused-ring (bicyclic) bond motifs is 1. The fraction of sp³-hybridized carbons (Fsp3) is 0.700. The summed E-state index contributed by atoms with van der Waals surface area (Å²) < 4.78 is 37.4. The van der Waals surface area contributed by atoms with Gasteiger partial charge in [0, 0.05) is 6.20 Å². The largest absolute Gasteiger partial charge is 0.408 e. The molecule has 1 heterocycles. The number of aryl methyl sites for hydroxylation is 1. The summed E-state index contributed by atoms with van der Waals surface area (Å²) in [6.45, 7) is 1.06. The van der Waals surface area contributed by atoms with Gasteiger partial charge in [0.15, 0.2) is 0 Å². The van der Waals surface area contributed by atoms with E-state index in [-0.39, 0.29) is 0 Å². The van der Waals surface area contributed by atoms with Gasteiger partial charge in [0.2, 0.25) is 0 Å². The Balaban J connectivity index is 2.22. The van der Waals surface area contributed by atoms with Crippen LogP contribution in [0.3, 0.4) is 0 Å². The molecule has 0 spiro atoms. The molecular weight excluding hydrogens is 205 g/mol. The molecule has 2 rings (SSSR count). The van der Waals surface area contributed by atoms with E-state index in [2.05, 4.69) is 5.10 Å². The highest BCUT2D eigenvalue weighted by atomic mass is 19.4. The molecule has 0 radical (unpaired) electrons. The third-order valence-corrected chi connectivity index (χ3v) is 2.79. The van der Waals surface area contributed by atoms with E-state index in [1.165, 1.54) is 0 Å². The summed E-state index contributed by atoms with van der Waals surface area (Å²) >= 11 is 0. The van der Waals surface area contributed by atoms with Crippen molar-refractivity contribution >= 4 is 0 Å². The van der Waals surface area contributed by atoms with Crippen LogP contribution in [0.25, 0.3) is 0 Å². The summed E-state index contributed by atoms with van der Waals surface area (Å²) in [7, 11) is 0. The van der Waals surface area contributed by atoms with Gasteiger partial charge >= 0.3 is 6.18 Å².